The van der Waals surface area contributed by atoms with E-state index in [0.29, 0.717) is 11.6 Å². The standard InChI is InChI=1S/C20H23ClN2O5S/c1-13-4-3-9-23(12-13)17-7-5-14(20(24)25)10-16(17)22-29(26,27)19-11-15(21)6-8-18(19)28-2/h5-8,10-11,13,22H,3-4,9,12H2,1-2H3,(H,24,25)/t13-/m0/s1. The van der Waals surface area contributed by atoms with E-state index in [0.717, 1.165) is 25.9 Å². The van der Waals surface area contributed by atoms with E-state index < -0.39 is 16.0 Å². The highest BCUT2D eigenvalue weighted by Gasteiger charge is 2.25. The van der Waals surface area contributed by atoms with Crippen LogP contribution in [0.1, 0.15) is 30.1 Å². The first-order valence-corrected chi connectivity index (χ1v) is 11.1. The smallest absolute Gasteiger partial charge is 0.335 e. The Morgan fingerprint density at radius 1 is 1.28 bits per heavy atom. The van der Waals surface area contributed by atoms with Gasteiger partial charge >= 0.3 is 5.97 Å². The van der Waals surface area contributed by atoms with Gasteiger partial charge in [0.2, 0.25) is 0 Å². The number of carboxylic acid groups (broad SMARTS) is 1. The molecular formula is C20H23ClN2O5S. The number of hydrogen-bond donors (Lipinski definition) is 2. The molecule has 7 nitrogen and oxygen atoms in total. The monoisotopic (exact) mass is 438 g/mol. The number of carbonyl (C=O) groups is 1. The zero-order valence-corrected chi connectivity index (χ0v) is 17.8. The number of halogens is 1. The van der Waals surface area contributed by atoms with Crippen molar-refractivity contribution in [3.8, 4) is 5.75 Å². The summed E-state index contributed by atoms with van der Waals surface area (Å²) in [5.74, 6) is -0.533. The minimum Gasteiger partial charge on any atom is -0.495 e. The normalized spacial score (nSPS) is 17.1. The van der Waals surface area contributed by atoms with E-state index in [1.165, 1.54) is 37.4 Å². The predicted molar refractivity (Wildman–Crippen MR) is 113 cm³/mol. The molecule has 1 aliphatic heterocycles. The van der Waals surface area contributed by atoms with Gasteiger partial charge in [-0.3, -0.25) is 4.72 Å². The summed E-state index contributed by atoms with van der Waals surface area (Å²) in [5, 5.41) is 9.60. The Morgan fingerprint density at radius 3 is 2.69 bits per heavy atom. The van der Waals surface area contributed by atoms with Gasteiger partial charge in [-0.2, -0.15) is 0 Å². The maximum Gasteiger partial charge on any atom is 0.335 e. The molecule has 0 amide bonds. The molecule has 0 aromatic heterocycles. The topological polar surface area (TPSA) is 95.9 Å². The fraction of sp³-hybridized carbons (Fsp3) is 0.350. The van der Waals surface area contributed by atoms with Crippen LogP contribution in [0.25, 0.3) is 0 Å². The van der Waals surface area contributed by atoms with Crippen molar-refractivity contribution in [1.29, 1.82) is 0 Å². The lowest BCUT2D eigenvalue weighted by atomic mass is 9.99. The van der Waals surface area contributed by atoms with Crippen LogP contribution in [-0.2, 0) is 10.0 Å². The lowest BCUT2D eigenvalue weighted by Crippen LogP contribution is -2.35. The first-order chi connectivity index (χ1) is 13.7. The zero-order chi connectivity index (χ0) is 21.2. The van der Waals surface area contributed by atoms with Crippen LogP contribution >= 0.6 is 11.6 Å². The molecule has 1 atom stereocenters. The van der Waals surface area contributed by atoms with E-state index in [-0.39, 0.29) is 26.9 Å². The quantitative estimate of drug-likeness (QED) is 0.705. The second-order valence-corrected chi connectivity index (χ2v) is 9.22. The number of nitrogens with one attached hydrogen (secondary N) is 1. The summed E-state index contributed by atoms with van der Waals surface area (Å²) in [4.78, 5) is 13.4. The van der Waals surface area contributed by atoms with Crippen LogP contribution in [0.15, 0.2) is 41.3 Å². The molecule has 0 saturated carbocycles. The van der Waals surface area contributed by atoms with Crippen LogP contribution in [0.5, 0.6) is 5.75 Å². The van der Waals surface area contributed by atoms with E-state index in [2.05, 4.69) is 16.5 Å². The highest BCUT2D eigenvalue weighted by molar-refractivity contribution is 7.92. The van der Waals surface area contributed by atoms with Crippen molar-refractivity contribution in [1.82, 2.24) is 0 Å². The number of nitrogens with zero attached hydrogens (tertiary/aromatic N) is 1. The third-order valence-corrected chi connectivity index (χ3v) is 6.52. The molecule has 2 N–H and O–H groups in total. The van der Waals surface area contributed by atoms with Gasteiger partial charge in [-0.1, -0.05) is 18.5 Å². The number of rotatable bonds is 6. The van der Waals surface area contributed by atoms with E-state index in [9.17, 15) is 18.3 Å². The largest absolute Gasteiger partial charge is 0.495 e. The minimum atomic E-state index is -4.07. The lowest BCUT2D eigenvalue weighted by molar-refractivity contribution is 0.0697. The number of piperidine rings is 1. The Bertz CT molecular complexity index is 1030. The summed E-state index contributed by atoms with van der Waals surface area (Å²) < 4.78 is 33.9. The Balaban J connectivity index is 2.05. The second kappa shape index (κ2) is 8.51. The third kappa shape index (κ3) is 4.76. The summed E-state index contributed by atoms with van der Waals surface area (Å²) in [6, 6.07) is 8.77. The summed E-state index contributed by atoms with van der Waals surface area (Å²) >= 11 is 5.98. The van der Waals surface area contributed by atoms with Gasteiger partial charge in [0.1, 0.15) is 10.6 Å². The van der Waals surface area contributed by atoms with Crippen LogP contribution in [0.3, 0.4) is 0 Å². The van der Waals surface area contributed by atoms with E-state index in [4.69, 9.17) is 16.3 Å². The molecule has 29 heavy (non-hydrogen) atoms. The Morgan fingerprint density at radius 2 is 2.03 bits per heavy atom. The summed E-state index contributed by atoms with van der Waals surface area (Å²) in [6.45, 7) is 3.67. The van der Waals surface area contributed by atoms with Crippen molar-refractivity contribution < 1.29 is 23.1 Å². The molecule has 1 fully saturated rings. The molecule has 2 aromatic rings. The number of hydrogen-bond acceptors (Lipinski definition) is 5. The van der Waals surface area contributed by atoms with Crippen LogP contribution < -0.4 is 14.4 Å². The summed E-state index contributed by atoms with van der Waals surface area (Å²) in [7, 11) is -2.71. The number of ether oxygens (including phenoxy) is 1. The van der Waals surface area contributed by atoms with Gasteiger partial charge in [0.05, 0.1) is 24.0 Å². The van der Waals surface area contributed by atoms with E-state index >= 15 is 0 Å². The Kier molecular flexibility index (Phi) is 6.24. The first-order valence-electron chi connectivity index (χ1n) is 9.20. The van der Waals surface area contributed by atoms with Gasteiger partial charge in [-0.25, -0.2) is 13.2 Å². The van der Waals surface area contributed by atoms with Crippen LogP contribution in [0, 0.1) is 5.92 Å². The average Bonchev–Trinajstić information content (AvgIpc) is 2.67. The minimum absolute atomic E-state index is 0.00503. The van der Waals surface area contributed by atoms with Crippen molar-refractivity contribution in [2.75, 3.05) is 29.8 Å². The van der Waals surface area contributed by atoms with Crippen molar-refractivity contribution in [2.45, 2.75) is 24.7 Å². The highest BCUT2D eigenvalue weighted by atomic mass is 35.5. The number of aromatic carboxylic acids is 1. The maximum atomic E-state index is 13.1. The van der Waals surface area contributed by atoms with Crippen LogP contribution in [0.2, 0.25) is 5.02 Å². The number of benzene rings is 2. The van der Waals surface area contributed by atoms with Gasteiger partial charge in [0.25, 0.3) is 10.0 Å². The maximum absolute atomic E-state index is 13.1. The third-order valence-electron chi connectivity index (χ3n) is 4.90. The number of methoxy groups -OCH3 is 1. The zero-order valence-electron chi connectivity index (χ0n) is 16.2. The number of anilines is 2. The van der Waals surface area contributed by atoms with Crippen molar-refractivity contribution in [3.05, 3.63) is 47.0 Å². The molecule has 2 aromatic carbocycles. The molecule has 0 unspecified atom stereocenters. The fourth-order valence-corrected chi connectivity index (χ4v) is 4.99. The van der Waals surface area contributed by atoms with Crippen LogP contribution in [0.4, 0.5) is 11.4 Å². The predicted octanol–water partition coefficient (Wildman–Crippen LogP) is 4.08. The molecule has 1 heterocycles. The molecular weight excluding hydrogens is 416 g/mol. The summed E-state index contributed by atoms with van der Waals surface area (Å²) in [6.07, 6.45) is 2.08. The highest BCUT2D eigenvalue weighted by Crippen LogP contribution is 2.34. The molecule has 0 radical (unpaired) electrons. The second-order valence-electron chi connectivity index (χ2n) is 7.13. The molecule has 156 valence electrons. The molecule has 9 heteroatoms. The molecule has 0 aliphatic carbocycles. The van der Waals surface area contributed by atoms with Gasteiger partial charge in [-0.15, -0.1) is 0 Å². The molecule has 0 spiro atoms. The van der Waals surface area contributed by atoms with E-state index in [1.54, 1.807) is 6.07 Å². The van der Waals surface area contributed by atoms with Crippen molar-refractivity contribution >= 4 is 39.0 Å². The number of sulfonamides is 1. The van der Waals surface area contributed by atoms with Gasteiger partial charge < -0.3 is 14.7 Å². The lowest BCUT2D eigenvalue weighted by Gasteiger charge is -2.34. The van der Waals surface area contributed by atoms with E-state index in [1.807, 2.05) is 0 Å². The molecule has 1 aliphatic rings. The average molecular weight is 439 g/mol. The Hall–Kier alpha value is -2.45. The van der Waals surface area contributed by atoms with Crippen LogP contribution in [-0.4, -0.2) is 39.7 Å². The number of carboxylic acids is 1. The SMILES string of the molecule is COc1ccc(Cl)cc1S(=O)(=O)Nc1cc(C(=O)O)ccc1N1CCC[C@H](C)C1. The fourth-order valence-electron chi connectivity index (χ4n) is 3.50. The van der Waals surface area contributed by atoms with Crippen molar-refractivity contribution in [2.24, 2.45) is 5.92 Å². The van der Waals surface area contributed by atoms with Gasteiger partial charge in [-0.05, 0) is 55.2 Å². The van der Waals surface area contributed by atoms with Gasteiger partial charge in [0, 0.05) is 18.1 Å². The molecule has 1 saturated heterocycles. The Labute approximate surface area is 175 Å². The molecule has 3 rings (SSSR count). The van der Waals surface area contributed by atoms with Gasteiger partial charge in [0.15, 0.2) is 0 Å². The first kappa shape index (κ1) is 21.3. The summed E-state index contributed by atoms with van der Waals surface area (Å²) in [5.41, 5.74) is 0.849. The molecule has 0 bridgehead atoms. The van der Waals surface area contributed by atoms with Crippen molar-refractivity contribution in [3.63, 3.8) is 0 Å².